The third-order valence-electron chi connectivity index (χ3n) is 4.17. The Morgan fingerprint density at radius 1 is 1.07 bits per heavy atom. The molecule has 1 heterocycles. The molecule has 0 radical (unpaired) electrons. The highest BCUT2D eigenvalue weighted by Crippen LogP contribution is 2.31. The van der Waals surface area contributed by atoms with Gasteiger partial charge in [-0.1, -0.05) is 17.7 Å². The summed E-state index contributed by atoms with van der Waals surface area (Å²) in [6.45, 7) is 4.84. The molecule has 0 fully saturated rings. The third kappa shape index (κ3) is 5.16. The largest absolute Gasteiger partial charge is 0.486 e. The average molecular weight is 403 g/mol. The molecule has 1 aliphatic heterocycles. The number of benzene rings is 2. The van der Waals surface area contributed by atoms with Crippen molar-refractivity contribution in [2.24, 2.45) is 0 Å². The Morgan fingerprint density at radius 3 is 2.57 bits per heavy atom. The van der Waals surface area contributed by atoms with Crippen LogP contribution in [0.3, 0.4) is 0 Å². The summed E-state index contributed by atoms with van der Waals surface area (Å²) in [6.07, 6.45) is 0.825. The molecule has 0 spiro atoms. The van der Waals surface area contributed by atoms with Crippen molar-refractivity contribution in [3.8, 4) is 11.5 Å². The van der Waals surface area contributed by atoms with Gasteiger partial charge in [-0.3, -0.25) is 9.59 Å². The maximum atomic E-state index is 12.4. The molecule has 0 aromatic heterocycles. The summed E-state index contributed by atoms with van der Waals surface area (Å²) in [4.78, 5) is 24.5. The van der Waals surface area contributed by atoms with Gasteiger partial charge in [0.05, 0.1) is 10.7 Å². The highest BCUT2D eigenvalue weighted by Gasteiger charge is 2.14. The van der Waals surface area contributed by atoms with E-state index < -0.39 is 0 Å². The molecule has 2 aromatic carbocycles. The molecule has 7 heteroatoms. The molecule has 1 aliphatic rings. The maximum Gasteiger partial charge on any atom is 0.251 e. The Hall–Kier alpha value is -2.73. The molecular weight excluding hydrogens is 380 g/mol. The standard InChI is InChI=1S/C21H23ClN2O4/c1-13(2)23-21(26)15-5-6-16(22)17(12-15)24-20(25)8-4-14-3-7-18-19(11-14)28-10-9-27-18/h3,5-7,11-13H,4,8-10H2,1-2H3,(H,23,26)(H,24,25). The first kappa shape index (κ1) is 20.0. The van der Waals surface area contributed by atoms with E-state index in [9.17, 15) is 9.59 Å². The summed E-state index contributed by atoms with van der Waals surface area (Å²) >= 11 is 6.17. The minimum absolute atomic E-state index is 0.0206. The molecule has 2 aromatic rings. The fraction of sp³-hybridized carbons (Fsp3) is 0.333. The molecular formula is C21H23ClN2O4. The zero-order valence-corrected chi connectivity index (χ0v) is 16.6. The monoisotopic (exact) mass is 402 g/mol. The second kappa shape index (κ2) is 8.97. The van der Waals surface area contributed by atoms with Crippen molar-refractivity contribution in [3.05, 3.63) is 52.5 Å². The third-order valence-corrected chi connectivity index (χ3v) is 4.50. The zero-order valence-electron chi connectivity index (χ0n) is 15.9. The van der Waals surface area contributed by atoms with E-state index >= 15 is 0 Å². The quantitative estimate of drug-likeness (QED) is 0.770. The summed E-state index contributed by atoms with van der Waals surface area (Å²) < 4.78 is 11.1. The van der Waals surface area contributed by atoms with E-state index in [1.807, 2.05) is 32.0 Å². The predicted octanol–water partition coefficient (Wildman–Crippen LogP) is 3.82. The number of rotatable bonds is 6. The summed E-state index contributed by atoms with van der Waals surface area (Å²) in [5, 5.41) is 5.98. The molecule has 0 saturated carbocycles. The van der Waals surface area contributed by atoms with Crippen LogP contribution in [0.2, 0.25) is 5.02 Å². The lowest BCUT2D eigenvalue weighted by molar-refractivity contribution is -0.116. The minimum atomic E-state index is -0.210. The number of aryl methyl sites for hydroxylation is 1. The first-order valence-corrected chi connectivity index (χ1v) is 9.59. The van der Waals surface area contributed by atoms with Crippen molar-refractivity contribution < 1.29 is 19.1 Å². The van der Waals surface area contributed by atoms with Gasteiger partial charge in [0.15, 0.2) is 11.5 Å². The lowest BCUT2D eigenvalue weighted by atomic mass is 10.1. The fourth-order valence-corrected chi connectivity index (χ4v) is 2.99. The lowest BCUT2D eigenvalue weighted by Crippen LogP contribution is -2.30. The van der Waals surface area contributed by atoms with E-state index in [1.165, 1.54) is 0 Å². The molecule has 6 nitrogen and oxygen atoms in total. The summed E-state index contributed by atoms with van der Waals surface area (Å²) in [5.41, 5.74) is 1.85. The number of carbonyl (C=O) groups is 2. The van der Waals surface area contributed by atoms with Gasteiger partial charge in [0, 0.05) is 18.0 Å². The average Bonchev–Trinajstić information content (AvgIpc) is 2.67. The Balaban J connectivity index is 1.61. The van der Waals surface area contributed by atoms with Crippen molar-refractivity contribution in [3.63, 3.8) is 0 Å². The Labute approximate surface area is 169 Å². The minimum Gasteiger partial charge on any atom is -0.486 e. The Bertz CT molecular complexity index is 883. The van der Waals surface area contributed by atoms with Gasteiger partial charge in [0.25, 0.3) is 5.91 Å². The SMILES string of the molecule is CC(C)NC(=O)c1ccc(Cl)c(NC(=O)CCc2ccc3c(c2)OCCO3)c1. The number of halogens is 1. The Morgan fingerprint density at radius 2 is 1.82 bits per heavy atom. The van der Waals surface area contributed by atoms with Gasteiger partial charge in [-0.05, 0) is 56.2 Å². The van der Waals surface area contributed by atoms with Crippen LogP contribution < -0.4 is 20.1 Å². The van der Waals surface area contributed by atoms with Crippen LogP contribution >= 0.6 is 11.6 Å². The van der Waals surface area contributed by atoms with Crippen molar-refractivity contribution in [2.75, 3.05) is 18.5 Å². The topological polar surface area (TPSA) is 76.7 Å². The predicted molar refractivity (Wildman–Crippen MR) is 108 cm³/mol. The molecule has 2 N–H and O–H groups in total. The van der Waals surface area contributed by atoms with Crippen molar-refractivity contribution >= 4 is 29.1 Å². The van der Waals surface area contributed by atoms with E-state index in [0.29, 0.717) is 41.7 Å². The number of carbonyl (C=O) groups excluding carboxylic acids is 2. The van der Waals surface area contributed by atoms with E-state index in [4.69, 9.17) is 21.1 Å². The van der Waals surface area contributed by atoms with Gasteiger partial charge >= 0.3 is 0 Å². The number of hydrogen-bond donors (Lipinski definition) is 2. The van der Waals surface area contributed by atoms with Gasteiger partial charge < -0.3 is 20.1 Å². The number of anilines is 1. The summed E-state index contributed by atoms with van der Waals surface area (Å²) in [7, 11) is 0. The second-order valence-electron chi connectivity index (χ2n) is 6.85. The van der Waals surface area contributed by atoms with Gasteiger partial charge in [0.2, 0.25) is 5.91 Å². The molecule has 0 saturated heterocycles. The van der Waals surface area contributed by atoms with Gasteiger partial charge in [-0.15, -0.1) is 0 Å². The van der Waals surface area contributed by atoms with Gasteiger partial charge in [-0.2, -0.15) is 0 Å². The fourth-order valence-electron chi connectivity index (χ4n) is 2.82. The number of fused-ring (bicyclic) bond motifs is 1. The van der Waals surface area contributed by atoms with Crippen LogP contribution in [0.25, 0.3) is 0 Å². The second-order valence-corrected chi connectivity index (χ2v) is 7.26. The first-order valence-electron chi connectivity index (χ1n) is 9.21. The number of nitrogens with one attached hydrogen (secondary N) is 2. The lowest BCUT2D eigenvalue weighted by Gasteiger charge is -2.18. The molecule has 148 valence electrons. The van der Waals surface area contributed by atoms with Crippen molar-refractivity contribution in [1.29, 1.82) is 0 Å². The van der Waals surface area contributed by atoms with E-state index in [1.54, 1.807) is 18.2 Å². The normalized spacial score (nSPS) is 12.6. The van der Waals surface area contributed by atoms with Crippen LogP contribution in [0.5, 0.6) is 11.5 Å². The molecule has 28 heavy (non-hydrogen) atoms. The molecule has 0 unspecified atom stereocenters. The molecule has 0 aliphatic carbocycles. The van der Waals surface area contributed by atoms with Gasteiger partial charge in [0.1, 0.15) is 13.2 Å². The van der Waals surface area contributed by atoms with Gasteiger partial charge in [-0.25, -0.2) is 0 Å². The highest BCUT2D eigenvalue weighted by atomic mass is 35.5. The van der Waals surface area contributed by atoms with Crippen LogP contribution in [-0.2, 0) is 11.2 Å². The smallest absolute Gasteiger partial charge is 0.251 e. The van der Waals surface area contributed by atoms with Crippen LogP contribution in [0.1, 0.15) is 36.2 Å². The zero-order chi connectivity index (χ0) is 20.1. The summed E-state index contributed by atoms with van der Waals surface area (Å²) in [6, 6.07) is 10.5. The van der Waals surface area contributed by atoms with E-state index in [2.05, 4.69) is 10.6 Å². The maximum absolute atomic E-state index is 12.4. The van der Waals surface area contributed by atoms with Crippen LogP contribution in [0, 0.1) is 0 Å². The first-order chi connectivity index (χ1) is 13.4. The molecule has 3 rings (SSSR count). The molecule has 2 amide bonds. The van der Waals surface area contributed by atoms with Crippen LogP contribution in [0.15, 0.2) is 36.4 Å². The van der Waals surface area contributed by atoms with E-state index in [-0.39, 0.29) is 24.3 Å². The highest BCUT2D eigenvalue weighted by molar-refractivity contribution is 6.33. The van der Waals surface area contributed by atoms with Crippen LogP contribution in [-0.4, -0.2) is 31.1 Å². The molecule has 0 bridgehead atoms. The van der Waals surface area contributed by atoms with E-state index in [0.717, 1.165) is 11.3 Å². The van der Waals surface area contributed by atoms with Crippen molar-refractivity contribution in [1.82, 2.24) is 5.32 Å². The van der Waals surface area contributed by atoms with Crippen LogP contribution in [0.4, 0.5) is 5.69 Å². The number of amides is 2. The number of ether oxygens (including phenoxy) is 2. The number of hydrogen-bond acceptors (Lipinski definition) is 4. The molecule has 0 atom stereocenters. The van der Waals surface area contributed by atoms with Crippen molar-refractivity contribution in [2.45, 2.75) is 32.7 Å². The Kier molecular flexibility index (Phi) is 6.41. The summed E-state index contributed by atoms with van der Waals surface area (Å²) in [5.74, 6) is 1.04.